The zero-order valence-electron chi connectivity index (χ0n) is 53.0. The van der Waals surface area contributed by atoms with Crippen molar-refractivity contribution in [3.63, 3.8) is 0 Å². The van der Waals surface area contributed by atoms with Gasteiger partial charge < -0.3 is 4.57 Å². The highest BCUT2D eigenvalue weighted by Crippen LogP contribution is 2.41. The third-order valence-corrected chi connectivity index (χ3v) is 22.9. The summed E-state index contributed by atoms with van der Waals surface area (Å²) in [6.07, 6.45) is 0. The summed E-state index contributed by atoms with van der Waals surface area (Å²) in [5, 5.41) is 7.00. The Morgan fingerprint density at radius 3 is 0.786 bits per heavy atom. The lowest BCUT2D eigenvalue weighted by Crippen LogP contribution is -2.74. The van der Waals surface area contributed by atoms with Crippen molar-refractivity contribution in [2.75, 3.05) is 0 Å². The van der Waals surface area contributed by atoms with E-state index in [9.17, 15) is 0 Å². The first kappa shape index (κ1) is 58.7. The van der Waals surface area contributed by atoms with Crippen molar-refractivity contribution in [1.82, 2.24) is 49.4 Å². The molecule has 0 bridgehead atoms. The van der Waals surface area contributed by atoms with E-state index in [1.54, 1.807) is 0 Å². The summed E-state index contributed by atoms with van der Waals surface area (Å²) in [5.74, 6) is 5.10. The summed E-state index contributed by atoms with van der Waals surface area (Å²) in [4.78, 5) is 47.1. The Bertz CT molecular complexity index is 5260. The quantitative estimate of drug-likeness (QED) is 0.0730. The molecule has 0 aliphatic carbocycles. The smallest absolute Gasteiger partial charge is 0.179 e. The van der Waals surface area contributed by atoms with Gasteiger partial charge in [-0.05, 0) is 86.5 Å². The van der Waals surface area contributed by atoms with Crippen LogP contribution in [0, 0.1) is 0 Å². The highest BCUT2D eigenvalue weighted by Gasteiger charge is 2.41. The van der Waals surface area contributed by atoms with Gasteiger partial charge in [-0.3, -0.25) is 0 Å². The van der Waals surface area contributed by atoms with E-state index in [0.717, 1.165) is 88.7 Å². The lowest BCUT2D eigenvalue weighted by molar-refractivity contribution is 1.07. The van der Waals surface area contributed by atoms with E-state index in [1.165, 1.54) is 20.7 Å². The largest absolute Gasteiger partial charge is 0.309 e. The molecule has 17 aromatic rings. The zero-order valence-corrected chi connectivity index (χ0v) is 54.0. The Kier molecular flexibility index (Phi) is 15.4. The van der Waals surface area contributed by atoms with E-state index in [4.69, 9.17) is 44.9 Å². The molecular formula is C87H58N10Si. The number of hydrogen-bond donors (Lipinski definition) is 0. The van der Waals surface area contributed by atoms with Crippen LogP contribution in [0.1, 0.15) is 0 Å². The minimum absolute atomic E-state index is 0.544. The molecule has 0 aliphatic heterocycles. The number of aromatic nitrogens is 10. The van der Waals surface area contributed by atoms with Crippen LogP contribution in [0.2, 0.25) is 0 Å². The first-order valence-electron chi connectivity index (χ1n) is 32.7. The Morgan fingerprint density at radius 2 is 0.459 bits per heavy atom. The molecule has 17 rings (SSSR count). The highest BCUT2D eigenvalue weighted by molar-refractivity contribution is 7.20. The van der Waals surface area contributed by atoms with Crippen LogP contribution in [-0.4, -0.2) is 57.5 Å². The maximum atomic E-state index is 5.42. The van der Waals surface area contributed by atoms with Crippen molar-refractivity contribution in [2.24, 2.45) is 0 Å². The summed E-state index contributed by atoms with van der Waals surface area (Å²) >= 11 is 0. The third-order valence-electron chi connectivity index (χ3n) is 18.1. The third kappa shape index (κ3) is 11.1. The molecule has 4 heterocycles. The number of nitrogens with zero attached hydrogens (tertiary/aromatic N) is 10. The lowest BCUT2D eigenvalue weighted by atomic mass is 9.98. The molecule has 0 amide bonds. The second-order valence-corrected chi connectivity index (χ2v) is 27.9. The van der Waals surface area contributed by atoms with Gasteiger partial charge in [0.15, 0.2) is 60.5 Å². The van der Waals surface area contributed by atoms with Crippen LogP contribution >= 0.6 is 0 Å². The summed E-state index contributed by atoms with van der Waals surface area (Å²) in [7, 11) is -3.04. The van der Waals surface area contributed by atoms with Gasteiger partial charge in [0.2, 0.25) is 0 Å². The van der Waals surface area contributed by atoms with Crippen LogP contribution < -0.4 is 20.7 Å². The Hall–Kier alpha value is -13.1. The standard InChI is InChI=1S/C87H58N10Si/c1-10-29-59(30-11-1)79-88-80(60-31-12-2-13-32-60)92-85(91-79)66-49-53-77-75(56-66)76-57-67(86-93-81(61-33-14-3-15-34-61)89-82(94-86)62-35-16-4-17-36-62)50-54-78(76)97(77)68-51-52-73(87-95-83(63-37-18-5-19-38-63)90-84(96-87)64-39-20-6-21-40-64)74(58-68)65-41-28-48-72(55-65)98(69-42-22-7-23-43-69,70-44-24-8-25-45-70)71-46-26-9-27-47-71/h1-58H. The molecule has 98 heavy (non-hydrogen) atoms. The van der Waals surface area contributed by atoms with Crippen molar-refractivity contribution in [3.8, 4) is 119 Å². The molecule has 0 saturated heterocycles. The maximum absolute atomic E-state index is 5.42. The minimum atomic E-state index is -3.04. The van der Waals surface area contributed by atoms with E-state index in [0.29, 0.717) is 52.4 Å². The first-order chi connectivity index (χ1) is 48.6. The Balaban J connectivity index is 0.928. The normalized spacial score (nSPS) is 11.5. The van der Waals surface area contributed by atoms with Gasteiger partial charge in [-0.1, -0.05) is 297 Å². The molecule has 13 aromatic carbocycles. The molecule has 11 heteroatoms. The molecule has 460 valence electrons. The van der Waals surface area contributed by atoms with Crippen LogP contribution in [0.15, 0.2) is 352 Å². The molecule has 0 N–H and O–H groups in total. The van der Waals surface area contributed by atoms with Gasteiger partial charge in [-0.2, -0.15) is 0 Å². The van der Waals surface area contributed by atoms with Crippen LogP contribution in [-0.2, 0) is 0 Å². The molecule has 0 atom stereocenters. The molecule has 0 spiro atoms. The predicted octanol–water partition coefficient (Wildman–Crippen LogP) is 17.4. The average Bonchev–Trinajstić information content (AvgIpc) is 1.32. The number of benzene rings is 13. The van der Waals surface area contributed by atoms with Crippen molar-refractivity contribution in [1.29, 1.82) is 0 Å². The van der Waals surface area contributed by atoms with Gasteiger partial charge >= 0.3 is 0 Å². The van der Waals surface area contributed by atoms with Crippen molar-refractivity contribution < 1.29 is 0 Å². The fourth-order valence-corrected chi connectivity index (χ4v) is 18.3. The molecule has 0 radical (unpaired) electrons. The van der Waals surface area contributed by atoms with Crippen LogP contribution in [0.25, 0.3) is 141 Å². The predicted molar refractivity (Wildman–Crippen MR) is 399 cm³/mol. The average molecular weight is 1270 g/mol. The summed E-state index contributed by atoms with van der Waals surface area (Å²) in [6, 6.07) is 123. The van der Waals surface area contributed by atoms with E-state index in [2.05, 4.69) is 199 Å². The molecule has 4 aromatic heterocycles. The summed E-state index contributed by atoms with van der Waals surface area (Å²) < 4.78 is 2.36. The number of rotatable bonds is 15. The van der Waals surface area contributed by atoms with Gasteiger partial charge in [0, 0.05) is 66.5 Å². The van der Waals surface area contributed by atoms with Crippen molar-refractivity contribution >= 4 is 50.6 Å². The second kappa shape index (κ2) is 25.7. The van der Waals surface area contributed by atoms with E-state index < -0.39 is 8.07 Å². The van der Waals surface area contributed by atoms with Crippen LogP contribution in [0.5, 0.6) is 0 Å². The van der Waals surface area contributed by atoms with Gasteiger partial charge in [0.1, 0.15) is 0 Å². The molecule has 10 nitrogen and oxygen atoms in total. The maximum Gasteiger partial charge on any atom is 0.179 e. The molecule has 0 unspecified atom stereocenters. The molecule has 0 saturated carbocycles. The zero-order chi connectivity index (χ0) is 65.2. The number of fused-ring (bicyclic) bond motifs is 3. The summed E-state index contributed by atoms with van der Waals surface area (Å²) in [6.45, 7) is 0. The highest BCUT2D eigenvalue weighted by atomic mass is 28.3. The van der Waals surface area contributed by atoms with Crippen molar-refractivity contribution in [2.45, 2.75) is 0 Å². The fraction of sp³-hybridized carbons (Fsp3) is 0. The lowest BCUT2D eigenvalue weighted by Gasteiger charge is -2.34. The van der Waals surface area contributed by atoms with Gasteiger partial charge in [0.25, 0.3) is 0 Å². The first-order valence-corrected chi connectivity index (χ1v) is 34.7. The van der Waals surface area contributed by atoms with Crippen LogP contribution in [0.3, 0.4) is 0 Å². The summed E-state index contributed by atoms with van der Waals surface area (Å²) in [5.41, 5.74) is 12.6. The van der Waals surface area contributed by atoms with E-state index in [-0.39, 0.29) is 0 Å². The van der Waals surface area contributed by atoms with Gasteiger partial charge in [-0.15, -0.1) is 0 Å². The Morgan fingerprint density at radius 1 is 0.184 bits per heavy atom. The second-order valence-electron chi connectivity index (χ2n) is 24.1. The fourth-order valence-electron chi connectivity index (χ4n) is 13.5. The molecular weight excluding hydrogens is 1210 g/mol. The monoisotopic (exact) mass is 1270 g/mol. The van der Waals surface area contributed by atoms with Crippen LogP contribution in [0.4, 0.5) is 0 Å². The Labute approximate surface area is 567 Å². The van der Waals surface area contributed by atoms with Gasteiger partial charge in [0.05, 0.1) is 11.0 Å². The minimum Gasteiger partial charge on any atom is -0.309 e. The molecule has 0 fully saturated rings. The van der Waals surface area contributed by atoms with Crippen molar-refractivity contribution in [3.05, 3.63) is 352 Å². The van der Waals surface area contributed by atoms with E-state index in [1.807, 2.05) is 158 Å². The molecule has 0 aliphatic rings. The van der Waals surface area contributed by atoms with Gasteiger partial charge in [-0.25, -0.2) is 44.9 Å². The van der Waals surface area contributed by atoms with E-state index >= 15 is 0 Å². The number of hydrogen-bond acceptors (Lipinski definition) is 9. The SMILES string of the molecule is c1ccc(-c2nc(-c3ccccc3)nc(-c3ccc4c(c3)c3cc(-c5nc(-c6ccccc6)nc(-c6ccccc6)n5)ccc3n4-c3ccc(-c4nc(-c5ccccc5)nc(-c5ccccc5)n4)c(-c4cccc([Si](c5ccccc5)(c5ccccc5)c5ccccc5)c4)c3)n2)cc1. The topological polar surface area (TPSA) is 121 Å².